The molecule has 3 aromatic carbocycles. The molecule has 1 aliphatic heterocycles. The van der Waals surface area contributed by atoms with Crippen molar-refractivity contribution in [2.24, 2.45) is 13.0 Å². The quantitative estimate of drug-likeness (QED) is 0.198. The van der Waals surface area contributed by atoms with Crippen molar-refractivity contribution < 1.29 is 19.4 Å². The molecule has 0 bridgehead atoms. The molecule has 1 unspecified atom stereocenters. The fraction of sp³-hybridized carbons (Fsp3) is 0.226. The van der Waals surface area contributed by atoms with Crippen molar-refractivity contribution in [2.45, 2.75) is 26.8 Å². The summed E-state index contributed by atoms with van der Waals surface area (Å²) in [6.07, 6.45) is 1.93. The second-order valence-electron chi connectivity index (χ2n) is 9.90. The predicted molar refractivity (Wildman–Crippen MR) is 146 cm³/mol. The summed E-state index contributed by atoms with van der Waals surface area (Å²) < 4.78 is 7.86. The molecule has 5 rings (SSSR count). The molecule has 1 aromatic heterocycles. The summed E-state index contributed by atoms with van der Waals surface area (Å²) in [5.74, 6) is -0.479. The first kappa shape index (κ1) is 24.4. The minimum atomic E-state index is -0.786. The van der Waals surface area contributed by atoms with Gasteiger partial charge in [0.15, 0.2) is 0 Å². The molecule has 0 aliphatic carbocycles. The van der Waals surface area contributed by atoms with Crippen LogP contribution in [0.1, 0.15) is 36.6 Å². The number of benzene rings is 3. The standard InChI is InChI=1S/C31H30N2O4/c1-19(2)18-37-26-15-14-21(16-20(26)3)29(34)27-28(24-17-32(4)25-13-9-8-12-23(24)25)33(31(36)30(27)35)22-10-6-5-7-11-22/h5-17,19,28,34H,18H2,1-4H3/b29-27+. The van der Waals surface area contributed by atoms with E-state index in [0.717, 1.165) is 27.8 Å². The molecule has 37 heavy (non-hydrogen) atoms. The molecule has 0 saturated carbocycles. The van der Waals surface area contributed by atoms with Crippen molar-refractivity contribution in [3.8, 4) is 5.75 Å². The Balaban J connectivity index is 1.70. The van der Waals surface area contributed by atoms with Crippen molar-refractivity contribution in [1.29, 1.82) is 0 Å². The topological polar surface area (TPSA) is 71.8 Å². The number of ether oxygens (including phenoxy) is 1. The van der Waals surface area contributed by atoms with Crippen molar-refractivity contribution in [3.05, 3.63) is 101 Å². The number of anilines is 1. The maximum Gasteiger partial charge on any atom is 0.300 e. The average Bonchev–Trinajstić information content (AvgIpc) is 3.36. The molecule has 2 heterocycles. The predicted octanol–water partition coefficient (Wildman–Crippen LogP) is 6.15. The van der Waals surface area contributed by atoms with Gasteiger partial charge in [-0.15, -0.1) is 0 Å². The Morgan fingerprint density at radius 3 is 2.41 bits per heavy atom. The van der Waals surface area contributed by atoms with E-state index in [1.54, 1.807) is 30.3 Å². The lowest BCUT2D eigenvalue weighted by Gasteiger charge is -2.25. The maximum absolute atomic E-state index is 13.5. The Bertz CT molecular complexity index is 1530. The number of aliphatic hydroxyl groups excluding tert-OH is 1. The normalized spacial score (nSPS) is 17.2. The van der Waals surface area contributed by atoms with Crippen LogP contribution in [0.2, 0.25) is 0 Å². The fourth-order valence-corrected chi connectivity index (χ4v) is 4.94. The van der Waals surface area contributed by atoms with E-state index in [9.17, 15) is 14.7 Å². The van der Waals surface area contributed by atoms with Crippen LogP contribution < -0.4 is 9.64 Å². The van der Waals surface area contributed by atoms with E-state index < -0.39 is 17.7 Å². The van der Waals surface area contributed by atoms with Gasteiger partial charge in [-0.2, -0.15) is 0 Å². The molecule has 1 aliphatic rings. The van der Waals surface area contributed by atoms with E-state index in [-0.39, 0.29) is 11.3 Å². The van der Waals surface area contributed by atoms with Gasteiger partial charge in [0.05, 0.1) is 18.2 Å². The van der Waals surface area contributed by atoms with Gasteiger partial charge in [0, 0.05) is 41.0 Å². The first-order chi connectivity index (χ1) is 17.8. The van der Waals surface area contributed by atoms with Crippen molar-refractivity contribution in [1.82, 2.24) is 4.57 Å². The molecule has 1 saturated heterocycles. The number of para-hydroxylation sites is 2. The number of aromatic nitrogens is 1. The lowest BCUT2D eigenvalue weighted by atomic mass is 9.94. The third-order valence-corrected chi connectivity index (χ3v) is 6.72. The third-order valence-electron chi connectivity index (χ3n) is 6.72. The number of carbonyl (C=O) groups excluding carboxylic acids is 2. The highest BCUT2D eigenvalue weighted by Gasteiger charge is 2.47. The van der Waals surface area contributed by atoms with E-state index in [0.29, 0.717) is 23.8 Å². The van der Waals surface area contributed by atoms with Crippen LogP contribution in [0.5, 0.6) is 5.75 Å². The van der Waals surface area contributed by atoms with Crippen molar-refractivity contribution in [3.63, 3.8) is 0 Å². The lowest BCUT2D eigenvalue weighted by molar-refractivity contribution is -0.132. The second-order valence-corrected chi connectivity index (χ2v) is 9.90. The SMILES string of the molecule is Cc1cc(/C(O)=C2\C(=O)C(=O)N(c3ccccc3)C2c2cn(C)c3ccccc23)ccc1OCC(C)C. The van der Waals surface area contributed by atoms with Gasteiger partial charge in [-0.1, -0.05) is 50.2 Å². The van der Waals surface area contributed by atoms with Gasteiger partial charge >= 0.3 is 0 Å². The summed E-state index contributed by atoms with van der Waals surface area (Å²) in [6.45, 7) is 6.63. The maximum atomic E-state index is 13.5. The molecule has 1 N–H and O–H groups in total. The number of hydrogen-bond donors (Lipinski definition) is 1. The molecular weight excluding hydrogens is 464 g/mol. The summed E-state index contributed by atoms with van der Waals surface area (Å²) in [5, 5.41) is 12.5. The van der Waals surface area contributed by atoms with Crippen LogP contribution in [0.15, 0.2) is 84.6 Å². The summed E-state index contributed by atoms with van der Waals surface area (Å²) in [6, 6.07) is 21.5. The molecule has 0 spiro atoms. The molecule has 4 aromatic rings. The van der Waals surface area contributed by atoms with E-state index in [1.165, 1.54) is 4.90 Å². The highest BCUT2D eigenvalue weighted by molar-refractivity contribution is 6.51. The number of fused-ring (bicyclic) bond motifs is 1. The summed E-state index contributed by atoms with van der Waals surface area (Å²) in [4.78, 5) is 28.5. The molecule has 0 radical (unpaired) electrons. The lowest BCUT2D eigenvalue weighted by Crippen LogP contribution is -2.29. The Morgan fingerprint density at radius 2 is 1.70 bits per heavy atom. The molecule has 6 nitrogen and oxygen atoms in total. The number of Topliss-reactive ketones (excluding diaryl/α,β-unsaturated/α-hetero) is 1. The third kappa shape index (κ3) is 4.29. The largest absolute Gasteiger partial charge is 0.507 e. The van der Waals surface area contributed by atoms with Crippen LogP contribution in [0.3, 0.4) is 0 Å². The van der Waals surface area contributed by atoms with Crippen LogP contribution >= 0.6 is 0 Å². The number of hydrogen-bond acceptors (Lipinski definition) is 4. The van der Waals surface area contributed by atoms with Crippen LogP contribution in [-0.4, -0.2) is 28.0 Å². The number of carbonyl (C=O) groups is 2. The van der Waals surface area contributed by atoms with E-state index in [1.807, 2.05) is 67.2 Å². The Labute approximate surface area is 216 Å². The van der Waals surface area contributed by atoms with E-state index in [2.05, 4.69) is 13.8 Å². The van der Waals surface area contributed by atoms with Gasteiger partial charge in [-0.3, -0.25) is 14.5 Å². The van der Waals surface area contributed by atoms with E-state index in [4.69, 9.17) is 4.74 Å². The summed E-state index contributed by atoms with van der Waals surface area (Å²) in [7, 11) is 1.93. The molecule has 1 fully saturated rings. The van der Waals surface area contributed by atoms with Gasteiger partial charge in [-0.25, -0.2) is 0 Å². The summed E-state index contributed by atoms with van der Waals surface area (Å²) >= 11 is 0. The first-order valence-electron chi connectivity index (χ1n) is 12.4. The van der Waals surface area contributed by atoms with Gasteiger partial charge in [-0.05, 0) is 54.8 Å². The molecule has 1 atom stereocenters. The first-order valence-corrected chi connectivity index (χ1v) is 12.4. The van der Waals surface area contributed by atoms with E-state index >= 15 is 0 Å². The van der Waals surface area contributed by atoms with Crippen LogP contribution in [-0.2, 0) is 16.6 Å². The summed E-state index contributed by atoms with van der Waals surface area (Å²) in [5.41, 5.74) is 3.71. The van der Waals surface area contributed by atoms with Crippen LogP contribution in [0.4, 0.5) is 5.69 Å². The monoisotopic (exact) mass is 494 g/mol. The van der Waals surface area contributed by atoms with Gasteiger partial charge in [0.2, 0.25) is 0 Å². The Kier molecular flexibility index (Phi) is 6.34. The molecule has 6 heteroatoms. The number of aliphatic hydroxyl groups is 1. The van der Waals surface area contributed by atoms with Crippen molar-refractivity contribution >= 4 is 34.0 Å². The smallest absolute Gasteiger partial charge is 0.300 e. The highest BCUT2D eigenvalue weighted by Crippen LogP contribution is 2.44. The van der Waals surface area contributed by atoms with Crippen molar-refractivity contribution in [2.75, 3.05) is 11.5 Å². The molecular formula is C31H30N2O4. The fourth-order valence-electron chi connectivity index (χ4n) is 4.94. The number of rotatable bonds is 6. The van der Waals surface area contributed by atoms with Gasteiger partial charge in [0.1, 0.15) is 11.5 Å². The van der Waals surface area contributed by atoms with Gasteiger partial charge in [0.25, 0.3) is 11.7 Å². The Hall–Kier alpha value is -4.32. The van der Waals surface area contributed by atoms with Crippen LogP contribution in [0.25, 0.3) is 16.7 Å². The number of nitrogens with zero attached hydrogens (tertiary/aromatic N) is 2. The minimum absolute atomic E-state index is 0.0699. The number of aryl methyl sites for hydroxylation is 2. The molecule has 1 amide bonds. The van der Waals surface area contributed by atoms with Crippen LogP contribution in [0, 0.1) is 12.8 Å². The minimum Gasteiger partial charge on any atom is -0.507 e. The average molecular weight is 495 g/mol. The number of ketones is 1. The highest BCUT2D eigenvalue weighted by atomic mass is 16.5. The number of amides is 1. The Morgan fingerprint density at radius 1 is 1.00 bits per heavy atom. The zero-order valence-corrected chi connectivity index (χ0v) is 21.4. The second kappa shape index (κ2) is 9.62. The molecule has 188 valence electrons. The zero-order valence-electron chi connectivity index (χ0n) is 21.4. The zero-order chi connectivity index (χ0) is 26.3. The van der Waals surface area contributed by atoms with Gasteiger partial charge < -0.3 is 14.4 Å².